The van der Waals surface area contributed by atoms with Crippen LogP contribution in [0.2, 0.25) is 0 Å². The average molecular weight is 429 g/mol. The number of carbonyl (C=O) groups excluding carboxylic acids is 1. The topological polar surface area (TPSA) is 142 Å². The van der Waals surface area contributed by atoms with Crippen LogP contribution < -0.4 is 10.1 Å². The van der Waals surface area contributed by atoms with E-state index in [4.69, 9.17) is 14.9 Å². The van der Waals surface area contributed by atoms with E-state index in [9.17, 15) is 14.4 Å². The van der Waals surface area contributed by atoms with Crippen LogP contribution in [0.5, 0.6) is 5.75 Å². The molecule has 1 unspecified atom stereocenters. The molecule has 0 bridgehead atoms. The number of unbranched alkanes of at least 4 members (excludes halogenated alkanes) is 1. The van der Waals surface area contributed by atoms with Crippen molar-refractivity contribution in [3.05, 3.63) is 54.1 Å². The SMILES string of the molecule is CCCCOc1ccccc1NC(=O)C1CCc2nc[nH]c2C1.O=C(O)C=CC(=O)O. The molecule has 9 nitrogen and oxygen atoms in total. The highest BCUT2D eigenvalue weighted by Crippen LogP contribution is 2.28. The molecule has 2 aromatic rings. The zero-order valence-corrected chi connectivity index (χ0v) is 17.3. The Kier molecular flexibility index (Phi) is 9.28. The first-order valence-corrected chi connectivity index (χ1v) is 10.1. The van der Waals surface area contributed by atoms with Gasteiger partial charge in [-0.1, -0.05) is 25.5 Å². The molecular formula is C22H27N3O6. The van der Waals surface area contributed by atoms with E-state index >= 15 is 0 Å². The van der Waals surface area contributed by atoms with E-state index in [1.165, 1.54) is 0 Å². The standard InChI is InChI=1S/C18H23N3O2.C4H4O4/c1-2-3-10-23-17-7-5-4-6-15(17)21-18(22)13-8-9-14-16(11-13)20-12-19-14;5-3(6)1-2-4(7)8/h4-7,12-13H,2-3,8-11H2,1H3,(H,19,20)(H,21,22);1-2H,(H,5,6)(H,7,8). The van der Waals surface area contributed by atoms with Gasteiger partial charge in [0.15, 0.2) is 0 Å². The molecule has 3 rings (SSSR count). The van der Waals surface area contributed by atoms with Gasteiger partial charge >= 0.3 is 11.9 Å². The van der Waals surface area contributed by atoms with E-state index in [2.05, 4.69) is 22.2 Å². The van der Waals surface area contributed by atoms with Gasteiger partial charge in [0, 0.05) is 30.2 Å². The number of rotatable bonds is 8. The maximum Gasteiger partial charge on any atom is 0.328 e. The van der Waals surface area contributed by atoms with E-state index in [1.54, 1.807) is 6.33 Å². The van der Waals surface area contributed by atoms with Crippen LogP contribution in [0.4, 0.5) is 5.69 Å². The molecule has 1 aliphatic carbocycles. The summed E-state index contributed by atoms with van der Waals surface area (Å²) < 4.78 is 5.78. The lowest BCUT2D eigenvalue weighted by atomic mass is 9.89. The molecule has 1 atom stereocenters. The van der Waals surface area contributed by atoms with Crippen molar-refractivity contribution in [1.29, 1.82) is 0 Å². The molecule has 1 aliphatic rings. The molecule has 0 saturated heterocycles. The second-order valence-corrected chi connectivity index (χ2v) is 6.96. The summed E-state index contributed by atoms with van der Waals surface area (Å²) in [6.07, 6.45) is 7.33. The predicted molar refractivity (Wildman–Crippen MR) is 114 cm³/mol. The average Bonchev–Trinajstić information content (AvgIpc) is 3.22. The molecule has 1 aromatic carbocycles. The van der Waals surface area contributed by atoms with Gasteiger partial charge in [0.05, 0.1) is 24.3 Å². The van der Waals surface area contributed by atoms with Gasteiger partial charge in [-0.25, -0.2) is 14.6 Å². The molecular weight excluding hydrogens is 402 g/mol. The number of carbonyl (C=O) groups is 3. The fraction of sp³-hybridized carbons (Fsp3) is 0.364. The van der Waals surface area contributed by atoms with Crippen molar-refractivity contribution in [2.24, 2.45) is 5.92 Å². The van der Waals surface area contributed by atoms with Crippen molar-refractivity contribution in [1.82, 2.24) is 9.97 Å². The Labute approximate surface area is 180 Å². The maximum atomic E-state index is 12.6. The normalized spacial score (nSPS) is 14.8. The molecule has 0 saturated carbocycles. The van der Waals surface area contributed by atoms with Crippen LogP contribution >= 0.6 is 0 Å². The number of aromatic nitrogens is 2. The molecule has 166 valence electrons. The van der Waals surface area contributed by atoms with E-state index in [1.807, 2.05) is 24.3 Å². The number of benzene rings is 1. The molecule has 1 aromatic heterocycles. The highest BCUT2D eigenvalue weighted by atomic mass is 16.5. The fourth-order valence-corrected chi connectivity index (χ4v) is 3.02. The number of aromatic amines is 1. The van der Waals surface area contributed by atoms with Crippen molar-refractivity contribution in [2.45, 2.75) is 39.0 Å². The second kappa shape index (κ2) is 12.2. The van der Waals surface area contributed by atoms with Crippen molar-refractivity contribution >= 4 is 23.5 Å². The maximum absolute atomic E-state index is 12.6. The van der Waals surface area contributed by atoms with E-state index in [0.29, 0.717) is 18.8 Å². The Morgan fingerprint density at radius 2 is 1.94 bits per heavy atom. The summed E-state index contributed by atoms with van der Waals surface area (Å²) in [5, 5.41) is 18.7. The Hall–Kier alpha value is -3.62. The Morgan fingerprint density at radius 1 is 1.23 bits per heavy atom. The summed E-state index contributed by atoms with van der Waals surface area (Å²) in [7, 11) is 0. The van der Waals surface area contributed by atoms with Crippen LogP contribution in [0.1, 0.15) is 37.6 Å². The number of carboxylic acid groups (broad SMARTS) is 2. The van der Waals surface area contributed by atoms with E-state index in [-0.39, 0.29) is 11.8 Å². The predicted octanol–water partition coefficient (Wildman–Crippen LogP) is 3.04. The Morgan fingerprint density at radius 3 is 2.61 bits per heavy atom. The third kappa shape index (κ3) is 7.96. The van der Waals surface area contributed by atoms with Crippen LogP contribution in [-0.2, 0) is 27.2 Å². The molecule has 31 heavy (non-hydrogen) atoms. The van der Waals surface area contributed by atoms with E-state index < -0.39 is 11.9 Å². The molecule has 9 heteroatoms. The number of ether oxygens (including phenoxy) is 1. The number of aliphatic carboxylic acids is 2. The number of fused-ring (bicyclic) bond motifs is 1. The number of para-hydroxylation sites is 2. The monoisotopic (exact) mass is 429 g/mol. The zero-order valence-electron chi connectivity index (χ0n) is 17.3. The van der Waals surface area contributed by atoms with Gasteiger partial charge in [-0.15, -0.1) is 0 Å². The van der Waals surface area contributed by atoms with Crippen molar-refractivity contribution in [2.75, 3.05) is 11.9 Å². The van der Waals surface area contributed by atoms with Gasteiger partial charge in [-0.2, -0.15) is 0 Å². The van der Waals surface area contributed by atoms with Crippen LogP contribution in [0.15, 0.2) is 42.7 Å². The second-order valence-electron chi connectivity index (χ2n) is 6.96. The molecule has 0 spiro atoms. The summed E-state index contributed by atoms with van der Waals surface area (Å²) in [5.74, 6) is -1.74. The van der Waals surface area contributed by atoms with Gasteiger partial charge in [0.25, 0.3) is 0 Å². The largest absolute Gasteiger partial charge is 0.491 e. The highest BCUT2D eigenvalue weighted by Gasteiger charge is 2.26. The number of nitrogens with one attached hydrogen (secondary N) is 2. The number of aryl methyl sites for hydroxylation is 1. The number of carboxylic acids is 2. The number of anilines is 1. The van der Waals surface area contributed by atoms with Gasteiger partial charge in [-0.05, 0) is 31.4 Å². The molecule has 1 amide bonds. The number of hydrogen-bond donors (Lipinski definition) is 4. The Bertz CT molecular complexity index is 905. The number of H-pyrrole nitrogens is 1. The third-order valence-electron chi connectivity index (χ3n) is 4.63. The van der Waals surface area contributed by atoms with Crippen LogP contribution in [0.25, 0.3) is 0 Å². The van der Waals surface area contributed by atoms with Gasteiger partial charge in [-0.3, -0.25) is 4.79 Å². The van der Waals surface area contributed by atoms with Gasteiger partial charge < -0.3 is 25.3 Å². The first-order chi connectivity index (χ1) is 14.9. The minimum atomic E-state index is -1.26. The van der Waals surface area contributed by atoms with Crippen LogP contribution in [0, 0.1) is 5.92 Å². The van der Waals surface area contributed by atoms with Gasteiger partial charge in [0.1, 0.15) is 5.75 Å². The molecule has 4 N–H and O–H groups in total. The summed E-state index contributed by atoms with van der Waals surface area (Å²) in [5.41, 5.74) is 2.94. The molecule has 0 radical (unpaired) electrons. The lowest BCUT2D eigenvalue weighted by Gasteiger charge is -2.21. The quantitative estimate of drug-likeness (QED) is 0.373. The fourth-order valence-electron chi connectivity index (χ4n) is 3.02. The first-order valence-electron chi connectivity index (χ1n) is 10.1. The van der Waals surface area contributed by atoms with Crippen molar-refractivity contribution in [3.8, 4) is 5.75 Å². The number of imidazole rings is 1. The van der Waals surface area contributed by atoms with Crippen LogP contribution in [-0.4, -0.2) is 44.6 Å². The van der Waals surface area contributed by atoms with Crippen LogP contribution in [0.3, 0.4) is 0 Å². The lowest BCUT2D eigenvalue weighted by Crippen LogP contribution is -2.28. The number of hydrogen-bond acceptors (Lipinski definition) is 5. The van der Waals surface area contributed by atoms with E-state index in [0.717, 1.165) is 54.9 Å². The summed E-state index contributed by atoms with van der Waals surface area (Å²) >= 11 is 0. The summed E-state index contributed by atoms with van der Waals surface area (Å²) in [4.78, 5) is 39.1. The number of nitrogens with zero attached hydrogens (tertiary/aromatic N) is 1. The molecule has 0 fully saturated rings. The minimum Gasteiger partial charge on any atom is -0.491 e. The molecule has 1 heterocycles. The van der Waals surface area contributed by atoms with Gasteiger partial charge in [0.2, 0.25) is 5.91 Å². The smallest absolute Gasteiger partial charge is 0.328 e. The molecule has 0 aliphatic heterocycles. The lowest BCUT2D eigenvalue weighted by molar-refractivity contribution is -0.134. The Balaban J connectivity index is 0.000000366. The van der Waals surface area contributed by atoms with Crippen molar-refractivity contribution < 1.29 is 29.3 Å². The summed E-state index contributed by atoms with van der Waals surface area (Å²) in [6.45, 7) is 2.80. The van der Waals surface area contributed by atoms with Crippen molar-refractivity contribution in [3.63, 3.8) is 0 Å². The zero-order chi connectivity index (χ0) is 22.6. The minimum absolute atomic E-state index is 0.0216. The number of amides is 1. The first kappa shape index (κ1) is 23.7. The highest BCUT2D eigenvalue weighted by molar-refractivity contribution is 5.94. The summed E-state index contributed by atoms with van der Waals surface area (Å²) in [6, 6.07) is 7.63. The third-order valence-corrected chi connectivity index (χ3v) is 4.63.